The molecule has 0 aromatic heterocycles. The molecule has 0 aliphatic carbocycles. The van der Waals surface area contributed by atoms with Crippen molar-refractivity contribution >= 4 is 21.6 Å². The summed E-state index contributed by atoms with van der Waals surface area (Å²) in [5.74, 6) is -0.216. The summed E-state index contributed by atoms with van der Waals surface area (Å²) in [5.41, 5.74) is 0.701. The predicted octanol–water partition coefficient (Wildman–Crippen LogP) is 3.43. The van der Waals surface area contributed by atoms with Gasteiger partial charge in [0.25, 0.3) is 15.9 Å². The molecule has 2 aromatic carbocycles. The minimum absolute atomic E-state index is 0.144. The number of amides is 1. The number of para-hydroxylation sites is 1. The van der Waals surface area contributed by atoms with Crippen LogP contribution >= 0.6 is 0 Å². The molecular formula is C19H24N2O3S. The molecule has 2 aromatic rings. The van der Waals surface area contributed by atoms with Crippen LogP contribution < -0.4 is 9.62 Å². The lowest BCUT2D eigenvalue weighted by Crippen LogP contribution is -2.42. The third-order valence-electron chi connectivity index (χ3n) is 4.23. The molecule has 6 heteroatoms. The Morgan fingerprint density at radius 2 is 1.60 bits per heavy atom. The Bertz CT molecular complexity index is 829. The molecule has 0 spiro atoms. The van der Waals surface area contributed by atoms with Gasteiger partial charge in [0.2, 0.25) is 0 Å². The summed E-state index contributed by atoms with van der Waals surface area (Å²) < 4.78 is 26.7. The molecule has 0 heterocycles. The number of hydrogen-bond donors (Lipinski definition) is 1. The van der Waals surface area contributed by atoms with Crippen molar-refractivity contribution in [2.24, 2.45) is 0 Å². The molecule has 0 radical (unpaired) electrons. The smallest absolute Gasteiger partial charge is 0.264 e. The van der Waals surface area contributed by atoms with E-state index in [2.05, 4.69) is 5.32 Å². The van der Waals surface area contributed by atoms with Gasteiger partial charge in [0.05, 0.1) is 10.6 Å². The molecule has 0 saturated carbocycles. The van der Waals surface area contributed by atoms with Crippen LogP contribution in [0.25, 0.3) is 0 Å². The first kappa shape index (κ1) is 19.0. The van der Waals surface area contributed by atoms with Crippen LogP contribution in [-0.2, 0) is 10.0 Å². The average Bonchev–Trinajstić information content (AvgIpc) is 2.61. The van der Waals surface area contributed by atoms with Crippen molar-refractivity contribution in [2.75, 3.05) is 11.4 Å². The third-order valence-corrected chi connectivity index (χ3v) is 6.03. The predicted molar refractivity (Wildman–Crippen MR) is 100 cm³/mol. The molecule has 25 heavy (non-hydrogen) atoms. The van der Waals surface area contributed by atoms with Gasteiger partial charge in [-0.1, -0.05) is 25.1 Å². The van der Waals surface area contributed by atoms with Crippen LogP contribution in [0.2, 0.25) is 0 Å². The Labute approximate surface area is 149 Å². The van der Waals surface area contributed by atoms with Crippen molar-refractivity contribution in [3.63, 3.8) is 0 Å². The van der Waals surface area contributed by atoms with Crippen molar-refractivity contribution in [3.05, 3.63) is 60.2 Å². The number of carbonyl (C=O) groups excluding carboxylic acids is 1. The molecule has 5 nitrogen and oxygen atoms in total. The SMILES string of the molecule is CCC(C)(C)NC(=O)c1ccc(S(=O)(=O)N(C)c2ccccc2)cc1. The highest BCUT2D eigenvalue weighted by molar-refractivity contribution is 7.92. The topological polar surface area (TPSA) is 66.5 Å². The number of anilines is 1. The molecule has 1 N–H and O–H groups in total. The fourth-order valence-electron chi connectivity index (χ4n) is 2.18. The van der Waals surface area contributed by atoms with Crippen molar-refractivity contribution < 1.29 is 13.2 Å². The molecule has 0 aliphatic rings. The van der Waals surface area contributed by atoms with Crippen molar-refractivity contribution in [1.29, 1.82) is 0 Å². The van der Waals surface area contributed by atoms with Gasteiger partial charge in [-0.25, -0.2) is 8.42 Å². The number of benzene rings is 2. The second kappa shape index (κ2) is 7.27. The first-order chi connectivity index (χ1) is 11.7. The number of nitrogens with one attached hydrogen (secondary N) is 1. The van der Waals surface area contributed by atoms with Gasteiger partial charge >= 0.3 is 0 Å². The Morgan fingerprint density at radius 3 is 2.12 bits per heavy atom. The summed E-state index contributed by atoms with van der Waals surface area (Å²) in [7, 11) is -2.16. The maximum atomic E-state index is 12.7. The van der Waals surface area contributed by atoms with Crippen LogP contribution in [0.3, 0.4) is 0 Å². The van der Waals surface area contributed by atoms with Gasteiger partial charge in [0.15, 0.2) is 0 Å². The van der Waals surface area contributed by atoms with E-state index < -0.39 is 10.0 Å². The van der Waals surface area contributed by atoms with E-state index in [0.717, 1.165) is 6.42 Å². The maximum Gasteiger partial charge on any atom is 0.264 e. The van der Waals surface area contributed by atoms with Gasteiger partial charge in [0, 0.05) is 18.2 Å². The van der Waals surface area contributed by atoms with Crippen molar-refractivity contribution in [1.82, 2.24) is 5.32 Å². The van der Waals surface area contributed by atoms with Crippen LogP contribution in [0, 0.1) is 0 Å². The van der Waals surface area contributed by atoms with Gasteiger partial charge < -0.3 is 5.32 Å². The highest BCUT2D eigenvalue weighted by atomic mass is 32.2. The molecule has 0 unspecified atom stereocenters. The average molecular weight is 360 g/mol. The first-order valence-electron chi connectivity index (χ1n) is 8.14. The van der Waals surface area contributed by atoms with E-state index in [1.54, 1.807) is 24.3 Å². The summed E-state index contributed by atoms with van der Waals surface area (Å²) >= 11 is 0. The fourth-order valence-corrected chi connectivity index (χ4v) is 3.38. The van der Waals surface area contributed by atoms with E-state index in [-0.39, 0.29) is 16.3 Å². The summed E-state index contributed by atoms with van der Waals surface area (Å²) in [5, 5.41) is 2.93. The number of sulfonamides is 1. The summed E-state index contributed by atoms with van der Waals surface area (Å²) in [4.78, 5) is 12.4. The monoisotopic (exact) mass is 360 g/mol. The highest BCUT2D eigenvalue weighted by Crippen LogP contribution is 2.22. The molecular weight excluding hydrogens is 336 g/mol. The molecule has 1 amide bonds. The fraction of sp³-hybridized carbons (Fsp3) is 0.316. The second-order valence-electron chi connectivity index (χ2n) is 6.52. The number of hydrogen-bond acceptors (Lipinski definition) is 3. The zero-order valence-electron chi connectivity index (χ0n) is 15.0. The molecule has 0 atom stereocenters. The number of nitrogens with zero attached hydrogens (tertiary/aromatic N) is 1. The number of carbonyl (C=O) groups is 1. The third kappa shape index (κ3) is 4.39. The second-order valence-corrected chi connectivity index (χ2v) is 8.49. The van der Waals surface area contributed by atoms with E-state index in [9.17, 15) is 13.2 Å². The van der Waals surface area contributed by atoms with Crippen molar-refractivity contribution in [3.8, 4) is 0 Å². The maximum absolute atomic E-state index is 12.7. The lowest BCUT2D eigenvalue weighted by Gasteiger charge is -2.24. The summed E-state index contributed by atoms with van der Waals surface area (Å²) in [6.07, 6.45) is 0.799. The number of rotatable bonds is 6. The minimum atomic E-state index is -3.67. The molecule has 0 saturated heterocycles. The molecule has 0 fully saturated rings. The van der Waals surface area contributed by atoms with Gasteiger partial charge in [-0.3, -0.25) is 9.10 Å². The van der Waals surface area contributed by atoms with E-state index >= 15 is 0 Å². The summed E-state index contributed by atoms with van der Waals surface area (Å²) in [6, 6.07) is 14.8. The van der Waals surface area contributed by atoms with Gasteiger partial charge in [0.1, 0.15) is 0 Å². The summed E-state index contributed by atoms with van der Waals surface area (Å²) in [6.45, 7) is 5.88. The quantitative estimate of drug-likeness (QED) is 0.858. The van der Waals surface area contributed by atoms with Crippen LogP contribution in [0.4, 0.5) is 5.69 Å². The lowest BCUT2D eigenvalue weighted by atomic mass is 10.0. The van der Waals surface area contributed by atoms with Gasteiger partial charge in [-0.05, 0) is 56.7 Å². The van der Waals surface area contributed by atoms with Gasteiger partial charge in [-0.2, -0.15) is 0 Å². The molecule has 0 aliphatic heterocycles. The standard InChI is InChI=1S/C19H24N2O3S/c1-5-19(2,3)20-18(22)15-11-13-17(14-12-15)25(23,24)21(4)16-9-7-6-8-10-16/h6-14H,5H2,1-4H3,(H,20,22). The van der Waals surface area contributed by atoms with Crippen molar-refractivity contribution in [2.45, 2.75) is 37.6 Å². The first-order valence-corrected chi connectivity index (χ1v) is 9.58. The largest absolute Gasteiger partial charge is 0.347 e. The van der Waals surface area contributed by atoms with E-state index in [0.29, 0.717) is 11.3 Å². The van der Waals surface area contributed by atoms with E-state index in [1.807, 2.05) is 26.8 Å². The Balaban J connectivity index is 2.23. The lowest BCUT2D eigenvalue weighted by molar-refractivity contribution is 0.0911. The van der Waals surface area contributed by atoms with Crippen LogP contribution in [0.1, 0.15) is 37.6 Å². The highest BCUT2D eigenvalue weighted by Gasteiger charge is 2.22. The Hall–Kier alpha value is -2.34. The van der Waals surface area contributed by atoms with Crippen LogP contribution in [0.15, 0.2) is 59.5 Å². The Morgan fingerprint density at radius 1 is 1.04 bits per heavy atom. The minimum Gasteiger partial charge on any atom is -0.347 e. The van der Waals surface area contributed by atoms with E-state index in [4.69, 9.17) is 0 Å². The molecule has 2 rings (SSSR count). The van der Waals surface area contributed by atoms with Gasteiger partial charge in [-0.15, -0.1) is 0 Å². The van der Waals surface area contributed by atoms with E-state index in [1.165, 1.54) is 35.6 Å². The van der Waals surface area contributed by atoms with Crippen LogP contribution in [-0.4, -0.2) is 26.9 Å². The zero-order chi connectivity index (χ0) is 18.7. The van der Waals surface area contributed by atoms with Crippen LogP contribution in [0.5, 0.6) is 0 Å². The Kier molecular flexibility index (Phi) is 5.52. The zero-order valence-corrected chi connectivity index (χ0v) is 15.8. The molecule has 0 bridgehead atoms. The molecule has 134 valence electrons. The normalized spacial score (nSPS) is 11.8.